The fraction of sp³-hybridized carbons (Fsp3) is 0.643. The second-order valence-electron chi connectivity index (χ2n) is 5.09. The Morgan fingerprint density at radius 3 is 3.06 bits per heavy atom. The lowest BCUT2D eigenvalue weighted by molar-refractivity contribution is 0.310. The van der Waals surface area contributed by atoms with Crippen molar-refractivity contribution in [3.63, 3.8) is 0 Å². The van der Waals surface area contributed by atoms with Gasteiger partial charge in [0.1, 0.15) is 5.75 Å². The molecular formula is C14H23N3O. The van der Waals surface area contributed by atoms with Crippen molar-refractivity contribution in [2.75, 3.05) is 33.8 Å². The van der Waals surface area contributed by atoms with Crippen molar-refractivity contribution in [2.24, 2.45) is 5.92 Å². The largest absolute Gasteiger partial charge is 0.497 e. The lowest BCUT2D eigenvalue weighted by atomic mass is 10.1. The summed E-state index contributed by atoms with van der Waals surface area (Å²) in [5.74, 6) is 1.69. The standard InChI is InChI=1S/C14H23N3O/c1-11-6-14(18-3)7-13(16-11)10-17-5-4-12(9-17)8-15-2/h6-7,12,15H,4-5,8-10H2,1-3H3. The van der Waals surface area contributed by atoms with Crippen LogP contribution in [0.2, 0.25) is 0 Å². The average Bonchev–Trinajstić information content (AvgIpc) is 2.76. The number of aryl methyl sites for hydroxylation is 1. The van der Waals surface area contributed by atoms with Crippen LogP contribution < -0.4 is 10.1 Å². The Morgan fingerprint density at radius 2 is 2.33 bits per heavy atom. The summed E-state index contributed by atoms with van der Waals surface area (Å²) in [7, 11) is 3.73. The molecule has 2 heterocycles. The van der Waals surface area contributed by atoms with E-state index < -0.39 is 0 Å². The van der Waals surface area contributed by atoms with Gasteiger partial charge in [-0.3, -0.25) is 9.88 Å². The molecule has 1 aliphatic rings. The first kappa shape index (κ1) is 13.3. The molecule has 0 bridgehead atoms. The van der Waals surface area contributed by atoms with Crippen LogP contribution in [-0.4, -0.2) is 43.7 Å². The highest BCUT2D eigenvalue weighted by molar-refractivity contribution is 5.26. The molecular weight excluding hydrogens is 226 g/mol. The highest BCUT2D eigenvalue weighted by Gasteiger charge is 2.22. The van der Waals surface area contributed by atoms with Gasteiger partial charge in [-0.1, -0.05) is 0 Å². The quantitative estimate of drug-likeness (QED) is 0.857. The van der Waals surface area contributed by atoms with Crippen LogP contribution in [0.3, 0.4) is 0 Å². The molecule has 0 radical (unpaired) electrons. The van der Waals surface area contributed by atoms with Crippen molar-refractivity contribution >= 4 is 0 Å². The highest BCUT2D eigenvalue weighted by Crippen LogP contribution is 2.19. The molecule has 1 unspecified atom stereocenters. The van der Waals surface area contributed by atoms with Gasteiger partial charge in [-0.15, -0.1) is 0 Å². The second-order valence-corrected chi connectivity index (χ2v) is 5.09. The molecule has 1 fully saturated rings. The van der Waals surface area contributed by atoms with Gasteiger partial charge < -0.3 is 10.1 Å². The molecule has 18 heavy (non-hydrogen) atoms. The summed E-state index contributed by atoms with van der Waals surface area (Å²) in [4.78, 5) is 7.05. The molecule has 0 aliphatic carbocycles. The van der Waals surface area contributed by atoms with Gasteiger partial charge in [-0.25, -0.2) is 0 Å². The van der Waals surface area contributed by atoms with Gasteiger partial charge in [0.25, 0.3) is 0 Å². The monoisotopic (exact) mass is 249 g/mol. The van der Waals surface area contributed by atoms with Gasteiger partial charge in [-0.05, 0) is 39.4 Å². The molecule has 1 atom stereocenters. The first-order chi connectivity index (χ1) is 8.71. The van der Waals surface area contributed by atoms with Crippen LogP contribution in [0.4, 0.5) is 0 Å². The third-order valence-electron chi connectivity index (χ3n) is 3.46. The summed E-state index contributed by atoms with van der Waals surface area (Å²) in [5, 5.41) is 3.26. The molecule has 0 spiro atoms. The fourth-order valence-electron chi connectivity index (χ4n) is 2.64. The van der Waals surface area contributed by atoms with Gasteiger partial charge in [0.15, 0.2) is 0 Å². The van der Waals surface area contributed by atoms with Crippen LogP contribution in [0.15, 0.2) is 12.1 Å². The third-order valence-corrected chi connectivity index (χ3v) is 3.46. The minimum absolute atomic E-state index is 0.779. The molecule has 100 valence electrons. The van der Waals surface area contributed by atoms with Crippen molar-refractivity contribution in [2.45, 2.75) is 19.9 Å². The molecule has 0 amide bonds. The Labute approximate surface area is 109 Å². The van der Waals surface area contributed by atoms with E-state index in [2.05, 4.69) is 15.2 Å². The van der Waals surface area contributed by atoms with E-state index >= 15 is 0 Å². The Balaban J connectivity index is 1.95. The minimum atomic E-state index is 0.779. The Kier molecular flexibility index (Phi) is 4.55. The number of hydrogen-bond acceptors (Lipinski definition) is 4. The molecule has 2 rings (SSSR count). The maximum atomic E-state index is 5.29. The van der Waals surface area contributed by atoms with E-state index in [0.717, 1.165) is 36.1 Å². The first-order valence-electron chi connectivity index (χ1n) is 6.59. The average molecular weight is 249 g/mol. The summed E-state index contributed by atoms with van der Waals surface area (Å²) in [6.45, 7) is 6.39. The molecule has 0 saturated carbocycles. The van der Waals surface area contributed by atoms with E-state index in [1.54, 1.807) is 7.11 Å². The lowest BCUT2D eigenvalue weighted by Crippen LogP contribution is -2.24. The third kappa shape index (κ3) is 3.43. The van der Waals surface area contributed by atoms with Crippen LogP contribution in [0.25, 0.3) is 0 Å². The minimum Gasteiger partial charge on any atom is -0.497 e. The Hall–Kier alpha value is -1.13. The van der Waals surface area contributed by atoms with Crippen LogP contribution in [0.5, 0.6) is 5.75 Å². The number of nitrogens with zero attached hydrogens (tertiary/aromatic N) is 2. The van der Waals surface area contributed by atoms with Crippen LogP contribution in [0.1, 0.15) is 17.8 Å². The zero-order valence-corrected chi connectivity index (χ0v) is 11.6. The molecule has 0 aromatic carbocycles. The maximum Gasteiger partial charge on any atom is 0.122 e. The van der Waals surface area contributed by atoms with Crippen molar-refractivity contribution in [3.05, 3.63) is 23.5 Å². The molecule has 1 aromatic rings. The summed E-state index contributed by atoms with van der Waals surface area (Å²) in [6.07, 6.45) is 1.28. The molecule has 1 N–H and O–H groups in total. The topological polar surface area (TPSA) is 37.4 Å². The molecule has 4 heteroatoms. The van der Waals surface area contributed by atoms with Crippen molar-refractivity contribution in [1.29, 1.82) is 0 Å². The van der Waals surface area contributed by atoms with Gasteiger partial charge in [-0.2, -0.15) is 0 Å². The fourth-order valence-corrected chi connectivity index (χ4v) is 2.64. The van der Waals surface area contributed by atoms with Crippen LogP contribution in [-0.2, 0) is 6.54 Å². The van der Waals surface area contributed by atoms with Crippen LogP contribution >= 0.6 is 0 Å². The lowest BCUT2D eigenvalue weighted by Gasteiger charge is -2.16. The number of pyridine rings is 1. The SMILES string of the molecule is CNCC1CCN(Cc2cc(OC)cc(C)n2)C1. The van der Waals surface area contributed by atoms with Crippen molar-refractivity contribution in [1.82, 2.24) is 15.2 Å². The van der Waals surface area contributed by atoms with Gasteiger partial charge in [0.2, 0.25) is 0 Å². The number of hydrogen-bond donors (Lipinski definition) is 1. The van der Waals surface area contributed by atoms with Crippen LogP contribution in [0, 0.1) is 12.8 Å². The van der Waals surface area contributed by atoms with E-state index in [1.165, 1.54) is 19.5 Å². The van der Waals surface area contributed by atoms with E-state index in [1.807, 2.05) is 26.1 Å². The second kappa shape index (κ2) is 6.16. The van der Waals surface area contributed by atoms with Crippen molar-refractivity contribution in [3.8, 4) is 5.75 Å². The van der Waals surface area contributed by atoms with Crippen molar-refractivity contribution < 1.29 is 4.74 Å². The first-order valence-corrected chi connectivity index (χ1v) is 6.59. The number of ether oxygens (including phenoxy) is 1. The number of aromatic nitrogens is 1. The Bertz CT molecular complexity index is 395. The van der Waals surface area contributed by atoms with E-state index in [-0.39, 0.29) is 0 Å². The zero-order valence-electron chi connectivity index (χ0n) is 11.6. The van der Waals surface area contributed by atoms with E-state index in [4.69, 9.17) is 4.74 Å². The Morgan fingerprint density at radius 1 is 1.50 bits per heavy atom. The number of nitrogens with one attached hydrogen (secondary N) is 1. The zero-order chi connectivity index (χ0) is 13.0. The summed E-state index contributed by atoms with van der Waals surface area (Å²) >= 11 is 0. The van der Waals surface area contributed by atoms with Gasteiger partial charge in [0.05, 0.1) is 12.8 Å². The van der Waals surface area contributed by atoms with E-state index in [9.17, 15) is 0 Å². The molecule has 1 aromatic heterocycles. The normalized spacial score (nSPS) is 20.3. The summed E-state index contributed by atoms with van der Waals surface area (Å²) < 4.78 is 5.29. The van der Waals surface area contributed by atoms with Gasteiger partial charge >= 0.3 is 0 Å². The van der Waals surface area contributed by atoms with Gasteiger partial charge in [0, 0.05) is 30.9 Å². The molecule has 1 aliphatic heterocycles. The molecule has 1 saturated heterocycles. The smallest absolute Gasteiger partial charge is 0.122 e. The number of likely N-dealkylation sites (tertiary alicyclic amines) is 1. The summed E-state index contributed by atoms with van der Waals surface area (Å²) in [6, 6.07) is 4.01. The number of rotatable bonds is 5. The highest BCUT2D eigenvalue weighted by atomic mass is 16.5. The number of methoxy groups -OCH3 is 1. The predicted octanol–water partition coefficient (Wildman–Crippen LogP) is 1.44. The maximum absolute atomic E-state index is 5.29. The summed E-state index contributed by atoms with van der Waals surface area (Å²) in [5.41, 5.74) is 2.13. The predicted molar refractivity (Wildman–Crippen MR) is 72.8 cm³/mol. The van der Waals surface area contributed by atoms with E-state index in [0.29, 0.717) is 0 Å². The molecule has 4 nitrogen and oxygen atoms in total.